The molecule has 2 aromatic rings. The highest BCUT2D eigenvalue weighted by atomic mass is 16.5. The summed E-state index contributed by atoms with van der Waals surface area (Å²) in [5.74, 6) is 1.47. The zero-order valence-corrected chi connectivity index (χ0v) is 15.5. The number of hydrogen-bond donors (Lipinski definition) is 1. The van der Waals surface area contributed by atoms with E-state index in [1.807, 2.05) is 36.4 Å². The fourth-order valence-electron chi connectivity index (χ4n) is 3.26. The lowest BCUT2D eigenvalue weighted by molar-refractivity contribution is -0.116. The Morgan fingerprint density at radius 1 is 1.08 bits per heavy atom. The van der Waals surface area contributed by atoms with Crippen LogP contribution in [0.4, 0.5) is 11.4 Å². The van der Waals surface area contributed by atoms with Crippen molar-refractivity contribution in [3.05, 3.63) is 48.0 Å². The number of aryl methyl sites for hydroxylation is 1. The highest BCUT2D eigenvalue weighted by Crippen LogP contribution is 2.31. The predicted octanol–water partition coefficient (Wildman–Crippen LogP) is 3.88. The zero-order valence-electron chi connectivity index (χ0n) is 15.5. The Labute approximate surface area is 154 Å². The van der Waals surface area contributed by atoms with Crippen molar-refractivity contribution >= 4 is 17.3 Å². The van der Waals surface area contributed by atoms with Gasteiger partial charge in [-0.25, -0.2) is 0 Å². The first-order chi connectivity index (χ1) is 12.7. The van der Waals surface area contributed by atoms with Crippen molar-refractivity contribution in [1.82, 2.24) is 0 Å². The molecule has 5 heteroatoms. The maximum Gasteiger partial charge on any atom is 0.224 e. The van der Waals surface area contributed by atoms with E-state index >= 15 is 0 Å². The van der Waals surface area contributed by atoms with Crippen molar-refractivity contribution in [2.45, 2.75) is 25.7 Å². The normalized spacial score (nSPS) is 13.5. The van der Waals surface area contributed by atoms with Crippen LogP contribution in [-0.4, -0.2) is 33.2 Å². The molecule has 1 fully saturated rings. The molecule has 2 aromatic carbocycles. The van der Waals surface area contributed by atoms with Crippen molar-refractivity contribution in [1.29, 1.82) is 0 Å². The summed E-state index contributed by atoms with van der Waals surface area (Å²) in [6.45, 7) is 2.13. The Morgan fingerprint density at radius 3 is 2.62 bits per heavy atom. The Balaban J connectivity index is 1.64. The molecule has 0 spiro atoms. The van der Waals surface area contributed by atoms with Gasteiger partial charge in [-0.1, -0.05) is 12.1 Å². The molecular formula is C21H26N2O3. The number of nitrogens with one attached hydrogen (secondary N) is 1. The Kier molecular flexibility index (Phi) is 6.00. The van der Waals surface area contributed by atoms with Crippen molar-refractivity contribution in [3.8, 4) is 11.5 Å². The van der Waals surface area contributed by atoms with Gasteiger partial charge >= 0.3 is 0 Å². The summed E-state index contributed by atoms with van der Waals surface area (Å²) in [4.78, 5) is 14.8. The molecule has 0 unspecified atom stereocenters. The van der Waals surface area contributed by atoms with Crippen molar-refractivity contribution in [2.75, 3.05) is 37.5 Å². The van der Waals surface area contributed by atoms with E-state index in [0.29, 0.717) is 18.6 Å². The van der Waals surface area contributed by atoms with E-state index in [1.54, 1.807) is 14.2 Å². The van der Waals surface area contributed by atoms with Crippen LogP contribution >= 0.6 is 0 Å². The van der Waals surface area contributed by atoms with Gasteiger partial charge in [-0.3, -0.25) is 4.79 Å². The average molecular weight is 354 g/mol. The molecule has 1 amide bonds. The summed E-state index contributed by atoms with van der Waals surface area (Å²) in [7, 11) is 3.27. The molecule has 0 saturated carbocycles. The number of methoxy groups -OCH3 is 2. The summed E-state index contributed by atoms with van der Waals surface area (Å²) in [5, 5.41) is 3.00. The van der Waals surface area contributed by atoms with Crippen LogP contribution in [-0.2, 0) is 11.2 Å². The van der Waals surface area contributed by atoms with Crippen LogP contribution < -0.4 is 19.7 Å². The molecule has 0 bridgehead atoms. The molecule has 3 rings (SSSR count). The number of ether oxygens (including phenoxy) is 2. The Bertz CT molecular complexity index is 755. The lowest BCUT2D eigenvalue weighted by atomic mass is 10.1. The zero-order chi connectivity index (χ0) is 18.4. The van der Waals surface area contributed by atoms with Crippen LogP contribution in [0.15, 0.2) is 42.5 Å². The molecule has 1 saturated heterocycles. The lowest BCUT2D eigenvalue weighted by Crippen LogP contribution is -2.18. The topological polar surface area (TPSA) is 50.8 Å². The highest BCUT2D eigenvalue weighted by molar-refractivity contribution is 5.93. The minimum absolute atomic E-state index is 0.0234. The van der Waals surface area contributed by atoms with Gasteiger partial charge in [-0.15, -0.1) is 0 Å². The number of carbonyl (C=O) groups is 1. The quantitative estimate of drug-likeness (QED) is 0.820. The van der Waals surface area contributed by atoms with Crippen molar-refractivity contribution in [3.63, 3.8) is 0 Å². The third kappa shape index (κ3) is 4.48. The number of anilines is 2. The summed E-state index contributed by atoms with van der Waals surface area (Å²) in [6, 6.07) is 13.8. The summed E-state index contributed by atoms with van der Waals surface area (Å²) < 4.78 is 10.6. The minimum atomic E-state index is -0.0234. The van der Waals surface area contributed by atoms with Crippen LogP contribution in [0.2, 0.25) is 0 Å². The fraction of sp³-hybridized carbons (Fsp3) is 0.381. The number of benzene rings is 2. The molecule has 5 nitrogen and oxygen atoms in total. The number of nitrogens with zero attached hydrogens (tertiary/aromatic N) is 1. The molecule has 138 valence electrons. The van der Waals surface area contributed by atoms with Crippen molar-refractivity contribution < 1.29 is 14.3 Å². The van der Waals surface area contributed by atoms with Gasteiger partial charge in [0.05, 0.1) is 19.9 Å². The maximum absolute atomic E-state index is 12.4. The van der Waals surface area contributed by atoms with Crippen LogP contribution in [0.3, 0.4) is 0 Å². The SMILES string of the molecule is COc1cccc(CCC(=O)Nc2cc(N3CCCC3)ccc2OC)c1. The first kappa shape index (κ1) is 18.1. The monoisotopic (exact) mass is 354 g/mol. The molecule has 26 heavy (non-hydrogen) atoms. The summed E-state index contributed by atoms with van der Waals surface area (Å²) >= 11 is 0. The number of hydrogen-bond acceptors (Lipinski definition) is 4. The maximum atomic E-state index is 12.4. The van der Waals surface area contributed by atoms with Crippen LogP contribution in [0.5, 0.6) is 11.5 Å². The number of amides is 1. The van der Waals surface area contributed by atoms with Crippen LogP contribution in [0.25, 0.3) is 0 Å². The Hall–Kier alpha value is -2.69. The van der Waals surface area contributed by atoms with Crippen LogP contribution in [0, 0.1) is 0 Å². The summed E-state index contributed by atoms with van der Waals surface area (Å²) in [5.41, 5.74) is 2.94. The molecule has 0 aromatic heterocycles. The lowest BCUT2D eigenvalue weighted by Gasteiger charge is -2.20. The third-order valence-corrected chi connectivity index (χ3v) is 4.70. The molecule has 0 radical (unpaired) electrons. The van der Waals surface area contributed by atoms with E-state index < -0.39 is 0 Å². The second kappa shape index (κ2) is 8.61. The van der Waals surface area contributed by atoms with Gasteiger partial charge in [-0.2, -0.15) is 0 Å². The highest BCUT2D eigenvalue weighted by Gasteiger charge is 2.15. The first-order valence-corrected chi connectivity index (χ1v) is 9.05. The van der Waals surface area contributed by atoms with Gasteiger partial charge in [0.2, 0.25) is 5.91 Å². The van der Waals surface area contributed by atoms with E-state index in [4.69, 9.17) is 9.47 Å². The average Bonchev–Trinajstić information content (AvgIpc) is 3.21. The second-order valence-corrected chi connectivity index (χ2v) is 6.48. The van der Waals surface area contributed by atoms with E-state index in [2.05, 4.69) is 16.3 Å². The third-order valence-electron chi connectivity index (χ3n) is 4.70. The van der Waals surface area contributed by atoms with Gasteiger partial charge < -0.3 is 19.7 Å². The molecule has 0 atom stereocenters. The molecule has 1 N–H and O–H groups in total. The number of rotatable bonds is 7. The van der Waals surface area contributed by atoms with E-state index in [0.717, 1.165) is 35.8 Å². The Morgan fingerprint density at radius 2 is 1.88 bits per heavy atom. The largest absolute Gasteiger partial charge is 0.497 e. The minimum Gasteiger partial charge on any atom is -0.497 e. The first-order valence-electron chi connectivity index (χ1n) is 9.05. The van der Waals surface area contributed by atoms with E-state index in [-0.39, 0.29) is 5.91 Å². The van der Waals surface area contributed by atoms with Crippen molar-refractivity contribution in [2.24, 2.45) is 0 Å². The molecule has 1 aliphatic rings. The predicted molar refractivity (Wildman–Crippen MR) is 104 cm³/mol. The summed E-state index contributed by atoms with van der Waals surface area (Å²) in [6.07, 6.45) is 3.50. The standard InChI is InChI=1S/C21H26N2O3/c1-25-18-7-5-6-16(14-18)8-11-21(24)22-19-15-17(9-10-20(19)26-2)23-12-3-4-13-23/h5-7,9-10,14-15H,3-4,8,11-13H2,1-2H3,(H,22,24). The molecular weight excluding hydrogens is 328 g/mol. The van der Waals surface area contributed by atoms with E-state index in [9.17, 15) is 4.79 Å². The molecule has 1 aliphatic heterocycles. The fourth-order valence-corrected chi connectivity index (χ4v) is 3.26. The molecule has 0 aliphatic carbocycles. The van der Waals surface area contributed by atoms with Gasteiger partial charge in [0.1, 0.15) is 11.5 Å². The smallest absolute Gasteiger partial charge is 0.224 e. The van der Waals surface area contributed by atoms with Gasteiger partial charge in [-0.05, 0) is 55.2 Å². The van der Waals surface area contributed by atoms with Crippen LogP contribution in [0.1, 0.15) is 24.8 Å². The van der Waals surface area contributed by atoms with Gasteiger partial charge in [0.25, 0.3) is 0 Å². The van der Waals surface area contributed by atoms with Gasteiger partial charge in [0.15, 0.2) is 0 Å². The number of carbonyl (C=O) groups excluding carboxylic acids is 1. The van der Waals surface area contributed by atoms with E-state index in [1.165, 1.54) is 12.8 Å². The van der Waals surface area contributed by atoms with Gasteiger partial charge in [0, 0.05) is 25.2 Å². The second-order valence-electron chi connectivity index (χ2n) is 6.48. The molecule has 1 heterocycles.